The molecule has 0 radical (unpaired) electrons. The number of aromatic nitrogens is 2. The minimum Gasteiger partial charge on any atom is -0.396 e. The molecule has 1 aliphatic heterocycles. The lowest BCUT2D eigenvalue weighted by atomic mass is 10.3. The lowest BCUT2D eigenvalue weighted by Gasteiger charge is -2.33. The van der Waals surface area contributed by atoms with Crippen molar-refractivity contribution in [3.05, 3.63) is 12.4 Å². The Kier molecular flexibility index (Phi) is 5.74. The van der Waals surface area contributed by atoms with Gasteiger partial charge in [-0.05, 0) is 19.4 Å². The molecule has 2 rings (SSSR count). The second kappa shape index (κ2) is 7.35. The maximum atomic E-state index is 12.5. The SMILES string of the molecule is CCCN1CCN(S(=O)(=O)c2cnn(CCCO)c2)CC1. The molecule has 1 aromatic heterocycles. The second-order valence-electron chi connectivity index (χ2n) is 5.26. The van der Waals surface area contributed by atoms with Crippen LogP contribution in [0.3, 0.4) is 0 Å². The van der Waals surface area contributed by atoms with Crippen LogP contribution in [0.4, 0.5) is 0 Å². The summed E-state index contributed by atoms with van der Waals surface area (Å²) in [5, 5.41) is 12.8. The molecule has 1 saturated heterocycles. The van der Waals surface area contributed by atoms with Gasteiger partial charge in [0.15, 0.2) is 0 Å². The predicted molar refractivity (Wildman–Crippen MR) is 79.4 cm³/mol. The molecule has 0 saturated carbocycles. The van der Waals surface area contributed by atoms with Gasteiger partial charge in [-0.15, -0.1) is 0 Å². The normalized spacial score (nSPS) is 18.2. The first-order valence-electron chi connectivity index (χ1n) is 7.43. The van der Waals surface area contributed by atoms with E-state index in [1.165, 1.54) is 10.5 Å². The van der Waals surface area contributed by atoms with E-state index in [0.717, 1.165) is 26.1 Å². The Bertz CT molecular complexity index is 535. The molecular formula is C13H24N4O3S. The molecule has 8 heteroatoms. The van der Waals surface area contributed by atoms with Crippen LogP contribution in [0.25, 0.3) is 0 Å². The van der Waals surface area contributed by atoms with Crippen LogP contribution in [0.2, 0.25) is 0 Å². The molecule has 0 atom stereocenters. The third-order valence-electron chi connectivity index (χ3n) is 3.66. The van der Waals surface area contributed by atoms with E-state index in [0.29, 0.717) is 26.1 Å². The number of piperazine rings is 1. The van der Waals surface area contributed by atoms with Gasteiger partial charge < -0.3 is 10.0 Å². The zero-order chi connectivity index (χ0) is 15.3. The largest absolute Gasteiger partial charge is 0.396 e. The van der Waals surface area contributed by atoms with E-state index in [2.05, 4.69) is 16.9 Å². The molecule has 0 amide bonds. The Morgan fingerprint density at radius 2 is 1.95 bits per heavy atom. The third-order valence-corrected chi connectivity index (χ3v) is 5.52. The van der Waals surface area contributed by atoms with E-state index in [1.807, 2.05) is 0 Å². The fourth-order valence-electron chi connectivity index (χ4n) is 2.49. The summed E-state index contributed by atoms with van der Waals surface area (Å²) in [5.74, 6) is 0. The number of aryl methyl sites for hydroxylation is 1. The summed E-state index contributed by atoms with van der Waals surface area (Å²) in [6, 6.07) is 0. The van der Waals surface area contributed by atoms with Crippen molar-refractivity contribution in [1.29, 1.82) is 0 Å². The van der Waals surface area contributed by atoms with E-state index in [4.69, 9.17) is 5.11 Å². The van der Waals surface area contributed by atoms with Crippen molar-refractivity contribution in [3.63, 3.8) is 0 Å². The number of aliphatic hydroxyl groups is 1. The van der Waals surface area contributed by atoms with E-state index in [-0.39, 0.29) is 11.5 Å². The van der Waals surface area contributed by atoms with Gasteiger partial charge in [-0.25, -0.2) is 8.42 Å². The smallest absolute Gasteiger partial charge is 0.246 e. The van der Waals surface area contributed by atoms with Crippen LogP contribution in [0.1, 0.15) is 19.8 Å². The third kappa shape index (κ3) is 4.03. The highest BCUT2D eigenvalue weighted by Crippen LogP contribution is 2.17. The molecule has 1 fully saturated rings. The van der Waals surface area contributed by atoms with Crippen molar-refractivity contribution in [2.75, 3.05) is 39.3 Å². The summed E-state index contributed by atoms with van der Waals surface area (Å²) in [7, 11) is -3.44. The van der Waals surface area contributed by atoms with Gasteiger partial charge in [-0.3, -0.25) is 4.68 Å². The molecular weight excluding hydrogens is 292 g/mol. The monoisotopic (exact) mass is 316 g/mol. The first-order valence-corrected chi connectivity index (χ1v) is 8.87. The maximum Gasteiger partial charge on any atom is 0.246 e. The summed E-state index contributed by atoms with van der Waals surface area (Å²) >= 11 is 0. The van der Waals surface area contributed by atoms with E-state index >= 15 is 0 Å². The molecule has 0 bridgehead atoms. The van der Waals surface area contributed by atoms with Gasteiger partial charge in [0.2, 0.25) is 10.0 Å². The lowest BCUT2D eigenvalue weighted by molar-refractivity contribution is 0.188. The van der Waals surface area contributed by atoms with Crippen molar-refractivity contribution in [2.24, 2.45) is 0 Å². The van der Waals surface area contributed by atoms with Crippen molar-refractivity contribution in [2.45, 2.75) is 31.2 Å². The molecule has 0 unspecified atom stereocenters. The van der Waals surface area contributed by atoms with Crippen molar-refractivity contribution < 1.29 is 13.5 Å². The molecule has 1 aromatic rings. The minimum atomic E-state index is -3.44. The van der Waals surface area contributed by atoms with Gasteiger partial charge in [0.05, 0.1) is 6.20 Å². The summed E-state index contributed by atoms with van der Waals surface area (Å²) < 4.78 is 28.2. The van der Waals surface area contributed by atoms with Crippen LogP contribution in [-0.2, 0) is 16.6 Å². The summed E-state index contributed by atoms with van der Waals surface area (Å²) in [5.41, 5.74) is 0. The highest BCUT2D eigenvalue weighted by molar-refractivity contribution is 7.89. The molecule has 0 spiro atoms. The topological polar surface area (TPSA) is 78.7 Å². The number of rotatable bonds is 7. The first-order chi connectivity index (χ1) is 10.1. The average molecular weight is 316 g/mol. The average Bonchev–Trinajstić information content (AvgIpc) is 2.96. The van der Waals surface area contributed by atoms with Crippen LogP contribution in [0.15, 0.2) is 17.3 Å². The van der Waals surface area contributed by atoms with Crippen LogP contribution in [-0.4, -0.2) is 71.8 Å². The van der Waals surface area contributed by atoms with Gasteiger partial charge in [0, 0.05) is 45.5 Å². The number of aliphatic hydroxyl groups excluding tert-OH is 1. The second-order valence-corrected chi connectivity index (χ2v) is 7.20. The van der Waals surface area contributed by atoms with Gasteiger partial charge in [-0.1, -0.05) is 6.92 Å². The van der Waals surface area contributed by atoms with Crippen molar-refractivity contribution in [3.8, 4) is 0 Å². The predicted octanol–water partition coefficient (Wildman–Crippen LogP) is -0.0182. The molecule has 120 valence electrons. The van der Waals surface area contributed by atoms with Gasteiger partial charge >= 0.3 is 0 Å². The maximum absolute atomic E-state index is 12.5. The molecule has 1 aliphatic rings. The molecule has 2 heterocycles. The molecule has 21 heavy (non-hydrogen) atoms. The lowest BCUT2D eigenvalue weighted by Crippen LogP contribution is -2.48. The van der Waals surface area contributed by atoms with E-state index in [9.17, 15) is 8.42 Å². The number of sulfonamides is 1. The molecule has 0 aliphatic carbocycles. The van der Waals surface area contributed by atoms with E-state index in [1.54, 1.807) is 10.9 Å². The van der Waals surface area contributed by atoms with Gasteiger partial charge in [0.1, 0.15) is 4.90 Å². The highest BCUT2D eigenvalue weighted by Gasteiger charge is 2.29. The Morgan fingerprint density at radius 1 is 1.24 bits per heavy atom. The number of hydrogen-bond donors (Lipinski definition) is 1. The van der Waals surface area contributed by atoms with E-state index < -0.39 is 10.0 Å². The zero-order valence-corrected chi connectivity index (χ0v) is 13.3. The van der Waals surface area contributed by atoms with Crippen LogP contribution in [0, 0.1) is 0 Å². The number of nitrogens with zero attached hydrogens (tertiary/aromatic N) is 4. The minimum absolute atomic E-state index is 0.0708. The standard InChI is InChI=1S/C13H24N4O3S/c1-2-4-15-6-8-17(9-7-15)21(19,20)13-11-14-16(12-13)5-3-10-18/h11-12,18H,2-10H2,1H3. The van der Waals surface area contributed by atoms with Crippen LogP contribution >= 0.6 is 0 Å². The summed E-state index contributed by atoms with van der Waals surface area (Å²) in [6.07, 6.45) is 4.59. The Hall–Kier alpha value is -0.960. The quantitative estimate of drug-likeness (QED) is 0.765. The fourth-order valence-corrected chi connectivity index (χ4v) is 3.87. The first kappa shape index (κ1) is 16.4. The molecule has 1 N–H and O–H groups in total. The Morgan fingerprint density at radius 3 is 2.57 bits per heavy atom. The van der Waals surface area contributed by atoms with Gasteiger partial charge in [-0.2, -0.15) is 9.40 Å². The highest BCUT2D eigenvalue weighted by atomic mass is 32.2. The van der Waals surface area contributed by atoms with Crippen LogP contribution < -0.4 is 0 Å². The number of hydrogen-bond acceptors (Lipinski definition) is 5. The Labute approximate surface area is 126 Å². The summed E-state index contributed by atoms with van der Waals surface area (Å²) in [4.78, 5) is 2.53. The van der Waals surface area contributed by atoms with Gasteiger partial charge in [0.25, 0.3) is 0 Å². The summed E-state index contributed by atoms with van der Waals surface area (Å²) in [6.45, 7) is 6.38. The zero-order valence-electron chi connectivity index (χ0n) is 12.5. The van der Waals surface area contributed by atoms with Crippen LogP contribution in [0.5, 0.6) is 0 Å². The van der Waals surface area contributed by atoms with Crippen molar-refractivity contribution >= 4 is 10.0 Å². The molecule has 0 aromatic carbocycles. The molecule has 7 nitrogen and oxygen atoms in total. The fraction of sp³-hybridized carbons (Fsp3) is 0.769. The van der Waals surface area contributed by atoms with Crippen molar-refractivity contribution in [1.82, 2.24) is 19.0 Å². The Balaban J connectivity index is 2.00.